The second kappa shape index (κ2) is 23.7. The van der Waals surface area contributed by atoms with E-state index in [4.69, 9.17) is 0 Å². The van der Waals surface area contributed by atoms with Crippen molar-refractivity contribution in [1.82, 2.24) is 0 Å². The molecule has 0 fully saturated rings. The van der Waals surface area contributed by atoms with Gasteiger partial charge >= 0.3 is 0 Å². The zero-order valence-electron chi connectivity index (χ0n) is 30.0. The van der Waals surface area contributed by atoms with E-state index in [0.717, 1.165) is 0 Å². The van der Waals surface area contributed by atoms with Crippen LogP contribution in [0.5, 0.6) is 0 Å². The first-order valence-electron chi connectivity index (χ1n) is 16.1. The molecule has 46 heavy (non-hydrogen) atoms. The van der Waals surface area contributed by atoms with Crippen LogP contribution in [0.4, 0.5) is 0 Å². The van der Waals surface area contributed by atoms with Crippen LogP contribution in [0.1, 0.15) is 55.6 Å². The van der Waals surface area contributed by atoms with Crippen molar-refractivity contribution >= 4 is 0 Å². The van der Waals surface area contributed by atoms with Gasteiger partial charge in [0.25, 0.3) is 0 Å². The average Bonchev–Trinajstić information content (AvgIpc) is 3.02. The minimum atomic E-state index is 1.32. The SMILES string of the molecule is Cc1cc(C)cc(C)c1.Cc1ccc(C)cc1.Cc1cccc(C)c1.Cc1ccccc1.Cc1ccccc1C.c1ccccc1. The largest absolute Gasteiger partial charge is 0.0623 e. The highest BCUT2D eigenvalue weighted by Gasteiger charge is 1.87. The van der Waals surface area contributed by atoms with E-state index in [1.807, 2.05) is 54.6 Å². The van der Waals surface area contributed by atoms with E-state index in [9.17, 15) is 0 Å². The zero-order chi connectivity index (χ0) is 34.2. The summed E-state index contributed by atoms with van der Waals surface area (Å²) in [5.41, 5.74) is 13.5. The van der Waals surface area contributed by atoms with E-state index in [0.29, 0.717) is 0 Å². The van der Waals surface area contributed by atoms with Crippen LogP contribution >= 0.6 is 0 Å². The molecule has 0 saturated heterocycles. The maximum Gasteiger partial charge on any atom is -0.0395 e. The van der Waals surface area contributed by atoms with Gasteiger partial charge in [-0.25, -0.2) is 0 Å². The fourth-order valence-corrected chi connectivity index (χ4v) is 4.23. The molecule has 0 saturated carbocycles. The number of rotatable bonds is 0. The Balaban J connectivity index is 0.000000277. The van der Waals surface area contributed by atoms with Gasteiger partial charge in [0.1, 0.15) is 0 Å². The highest BCUT2D eigenvalue weighted by atomic mass is 13.9. The first-order chi connectivity index (χ1) is 22.0. The molecule has 0 aromatic heterocycles. The monoisotopic (exact) mass is 608 g/mol. The molecule has 240 valence electrons. The third kappa shape index (κ3) is 21.1. The maximum atomic E-state index is 2.19. The Labute approximate surface area is 281 Å². The van der Waals surface area contributed by atoms with Crippen LogP contribution in [0.2, 0.25) is 0 Å². The van der Waals surface area contributed by atoms with Gasteiger partial charge in [-0.1, -0.05) is 202 Å². The van der Waals surface area contributed by atoms with Gasteiger partial charge in [-0.3, -0.25) is 0 Å². The van der Waals surface area contributed by atoms with Crippen LogP contribution in [0.3, 0.4) is 0 Å². The van der Waals surface area contributed by atoms with Crippen molar-refractivity contribution in [3.8, 4) is 0 Å². The van der Waals surface area contributed by atoms with Crippen molar-refractivity contribution in [1.29, 1.82) is 0 Å². The second-order valence-corrected chi connectivity index (χ2v) is 11.9. The molecule has 0 radical (unpaired) electrons. The number of hydrogen-bond acceptors (Lipinski definition) is 0. The smallest absolute Gasteiger partial charge is 0.0395 e. The minimum Gasteiger partial charge on any atom is -0.0623 e. The lowest BCUT2D eigenvalue weighted by molar-refractivity contribution is 1.32. The molecule has 0 aliphatic rings. The Morgan fingerprint density at radius 3 is 0.674 bits per heavy atom. The molecular formula is C46H56. The van der Waals surface area contributed by atoms with Crippen LogP contribution < -0.4 is 0 Å². The van der Waals surface area contributed by atoms with Gasteiger partial charge in [-0.15, -0.1) is 0 Å². The molecule has 0 atom stereocenters. The summed E-state index contributed by atoms with van der Waals surface area (Å²) in [4.78, 5) is 0. The van der Waals surface area contributed by atoms with Gasteiger partial charge in [-0.2, -0.15) is 0 Å². The van der Waals surface area contributed by atoms with E-state index in [2.05, 4.69) is 172 Å². The molecule has 0 amide bonds. The van der Waals surface area contributed by atoms with Crippen LogP contribution in [-0.4, -0.2) is 0 Å². The molecule has 0 aliphatic carbocycles. The fourth-order valence-electron chi connectivity index (χ4n) is 4.23. The molecule has 6 aromatic rings. The second-order valence-electron chi connectivity index (χ2n) is 11.9. The molecule has 0 spiro atoms. The lowest BCUT2D eigenvalue weighted by Crippen LogP contribution is -1.78. The molecule has 0 heteroatoms. The molecule has 0 aliphatic heterocycles. The standard InChI is InChI=1S/C9H12.3C8H10.C7H8.C6H6/c1-7-4-8(2)6-9(3)5-7;1-7-3-5-8(2)6-4-7;1-7-4-3-5-8(2)6-7;1-7-5-3-4-6-8(7)2;1-7-5-3-2-4-6-7;1-2-4-6-5-3-1/h4-6H,1-3H3;3*3-6H,1-2H3;2-6H,1H3;1-6H. The quantitative estimate of drug-likeness (QED) is 0.161. The van der Waals surface area contributed by atoms with E-state index >= 15 is 0 Å². The maximum absolute atomic E-state index is 2.19. The van der Waals surface area contributed by atoms with Crippen LogP contribution in [0.15, 0.2) is 158 Å². The average molecular weight is 609 g/mol. The predicted octanol–water partition coefficient (Wildman–Crippen LogP) is 13.2. The van der Waals surface area contributed by atoms with Crippen LogP contribution in [0, 0.1) is 69.2 Å². The lowest BCUT2D eigenvalue weighted by atomic mass is 10.1. The van der Waals surface area contributed by atoms with Crippen molar-refractivity contribution in [3.05, 3.63) is 213 Å². The minimum absolute atomic E-state index is 1.32. The first kappa shape index (κ1) is 39.3. The normalized spacial score (nSPS) is 9.09. The number of hydrogen-bond donors (Lipinski definition) is 0. The van der Waals surface area contributed by atoms with Crippen molar-refractivity contribution in [3.63, 3.8) is 0 Å². The van der Waals surface area contributed by atoms with Gasteiger partial charge < -0.3 is 0 Å². The van der Waals surface area contributed by atoms with Crippen LogP contribution in [-0.2, 0) is 0 Å². The molecule has 0 unspecified atom stereocenters. The van der Waals surface area contributed by atoms with E-state index in [1.54, 1.807) is 0 Å². The van der Waals surface area contributed by atoms with E-state index in [1.165, 1.54) is 55.6 Å². The Kier molecular flexibility index (Phi) is 20.2. The van der Waals surface area contributed by atoms with E-state index in [-0.39, 0.29) is 0 Å². The van der Waals surface area contributed by atoms with Crippen molar-refractivity contribution in [2.45, 2.75) is 69.2 Å². The topological polar surface area (TPSA) is 0 Å². The van der Waals surface area contributed by atoms with E-state index < -0.39 is 0 Å². The Hall–Kier alpha value is -4.68. The molecular weight excluding hydrogens is 553 g/mol. The summed E-state index contributed by atoms with van der Waals surface area (Å²) in [5, 5.41) is 0. The van der Waals surface area contributed by atoms with Gasteiger partial charge in [-0.05, 0) is 80.4 Å². The zero-order valence-corrected chi connectivity index (χ0v) is 30.0. The Morgan fingerprint density at radius 1 is 0.196 bits per heavy atom. The summed E-state index contributed by atoms with van der Waals surface area (Å²) >= 11 is 0. The molecule has 6 rings (SSSR count). The third-order valence-corrected chi connectivity index (χ3v) is 6.79. The molecule has 0 N–H and O–H groups in total. The number of aryl methyl sites for hydroxylation is 10. The molecule has 0 heterocycles. The lowest BCUT2D eigenvalue weighted by Gasteiger charge is -1.96. The molecule has 0 nitrogen and oxygen atoms in total. The van der Waals surface area contributed by atoms with Crippen molar-refractivity contribution < 1.29 is 0 Å². The van der Waals surface area contributed by atoms with Gasteiger partial charge in [0.05, 0.1) is 0 Å². The summed E-state index contributed by atoms with van der Waals surface area (Å²) in [5.74, 6) is 0. The first-order valence-corrected chi connectivity index (χ1v) is 16.1. The number of benzene rings is 6. The summed E-state index contributed by atoms with van der Waals surface area (Å²) in [6.07, 6.45) is 0. The summed E-state index contributed by atoms with van der Waals surface area (Å²) < 4.78 is 0. The van der Waals surface area contributed by atoms with Crippen molar-refractivity contribution in [2.24, 2.45) is 0 Å². The third-order valence-electron chi connectivity index (χ3n) is 6.79. The highest BCUT2D eigenvalue weighted by Crippen LogP contribution is 2.06. The van der Waals surface area contributed by atoms with Gasteiger partial charge in [0, 0.05) is 0 Å². The van der Waals surface area contributed by atoms with Gasteiger partial charge in [0.2, 0.25) is 0 Å². The summed E-state index contributed by atoms with van der Waals surface area (Å²) in [6.45, 7) is 21.1. The highest BCUT2D eigenvalue weighted by molar-refractivity contribution is 5.27. The predicted molar refractivity (Wildman–Crippen MR) is 206 cm³/mol. The Morgan fingerprint density at radius 2 is 0.435 bits per heavy atom. The molecule has 0 bridgehead atoms. The Bertz CT molecular complexity index is 1460. The van der Waals surface area contributed by atoms with Crippen LogP contribution in [0.25, 0.3) is 0 Å². The molecule has 6 aromatic carbocycles. The van der Waals surface area contributed by atoms with Gasteiger partial charge in [0.15, 0.2) is 0 Å². The van der Waals surface area contributed by atoms with Crippen molar-refractivity contribution in [2.75, 3.05) is 0 Å². The fraction of sp³-hybridized carbons (Fsp3) is 0.217. The summed E-state index contributed by atoms with van der Waals surface area (Å²) in [7, 11) is 0. The summed E-state index contributed by atoms with van der Waals surface area (Å²) in [6, 6.07) is 54.1.